The molecule has 1 saturated heterocycles. The van der Waals surface area contributed by atoms with Crippen LogP contribution in [-0.4, -0.2) is 39.6 Å². The van der Waals surface area contributed by atoms with E-state index in [2.05, 4.69) is 39.6 Å². The molecule has 1 atom stereocenters. The van der Waals surface area contributed by atoms with E-state index >= 15 is 0 Å². The molecule has 5 nitrogen and oxygen atoms in total. The van der Waals surface area contributed by atoms with Crippen molar-refractivity contribution in [2.24, 2.45) is 0 Å². The molecule has 1 fully saturated rings. The van der Waals surface area contributed by atoms with Gasteiger partial charge in [0, 0.05) is 31.9 Å². The van der Waals surface area contributed by atoms with Crippen molar-refractivity contribution in [1.82, 2.24) is 19.8 Å². The van der Waals surface area contributed by atoms with Gasteiger partial charge < -0.3 is 5.32 Å². The maximum absolute atomic E-state index is 12.4. The molecule has 0 spiro atoms. The van der Waals surface area contributed by atoms with E-state index in [4.69, 9.17) is 0 Å². The number of carbonyl (C=O) groups is 1. The lowest BCUT2D eigenvalue weighted by molar-refractivity contribution is 0.0932. The molecule has 0 radical (unpaired) electrons. The van der Waals surface area contributed by atoms with Crippen molar-refractivity contribution in [3.05, 3.63) is 72.1 Å². The van der Waals surface area contributed by atoms with Crippen LogP contribution in [0.25, 0.3) is 5.52 Å². The van der Waals surface area contributed by atoms with Gasteiger partial charge in [0.2, 0.25) is 0 Å². The number of rotatable bonds is 4. The summed E-state index contributed by atoms with van der Waals surface area (Å²) in [7, 11) is 0. The van der Waals surface area contributed by atoms with Crippen LogP contribution >= 0.6 is 0 Å². The predicted octanol–water partition coefficient (Wildman–Crippen LogP) is 2.34. The molecule has 0 unspecified atom stereocenters. The monoisotopic (exact) mass is 320 g/mol. The summed E-state index contributed by atoms with van der Waals surface area (Å²) in [4.78, 5) is 14.8. The number of nitrogens with one attached hydrogen (secondary N) is 1. The second-order valence-electron chi connectivity index (χ2n) is 6.28. The predicted molar refractivity (Wildman–Crippen MR) is 92.8 cm³/mol. The van der Waals surface area contributed by atoms with Gasteiger partial charge in [-0.3, -0.25) is 9.69 Å². The van der Waals surface area contributed by atoms with Crippen LogP contribution in [0.2, 0.25) is 0 Å². The van der Waals surface area contributed by atoms with Gasteiger partial charge in [-0.1, -0.05) is 36.4 Å². The highest BCUT2D eigenvalue weighted by Gasteiger charge is 2.25. The minimum atomic E-state index is -0.0924. The first-order chi connectivity index (χ1) is 11.8. The van der Waals surface area contributed by atoms with Crippen molar-refractivity contribution in [3.8, 4) is 0 Å². The van der Waals surface area contributed by atoms with E-state index in [-0.39, 0.29) is 11.9 Å². The third kappa shape index (κ3) is 3.16. The number of fused-ring (bicyclic) bond motifs is 1. The Bertz CT molecular complexity index is 810. The van der Waals surface area contributed by atoms with Crippen LogP contribution in [-0.2, 0) is 6.54 Å². The summed E-state index contributed by atoms with van der Waals surface area (Å²) >= 11 is 0. The highest BCUT2D eigenvalue weighted by Crippen LogP contribution is 2.14. The molecular formula is C19H20N4O. The summed E-state index contributed by atoms with van der Waals surface area (Å²) in [5, 5.41) is 7.45. The highest BCUT2D eigenvalue weighted by atomic mass is 16.2. The van der Waals surface area contributed by atoms with Gasteiger partial charge in [-0.2, -0.15) is 5.10 Å². The SMILES string of the molecule is O=C(N[C@H]1CCN(Cc2ccccc2)C1)c1cc2ccccn2n1. The number of likely N-dealkylation sites (tertiary alicyclic amines) is 1. The summed E-state index contributed by atoms with van der Waals surface area (Å²) < 4.78 is 1.73. The first kappa shape index (κ1) is 14.9. The fraction of sp³-hybridized carbons (Fsp3) is 0.263. The third-order valence-electron chi connectivity index (χ3n) is 4.46. The molecule has 1 aromatic carbocycles. The van der Waals surface area contributed by atoms with Gasteiger partial charge in [0.25, 0.3) is 5.91 Å². The van der Waals surface area contributed by atoms with Gasteiger partial charge in [-0.05, 0) is 30.2 Å². The molecule has 122 valence electrons. The van der Waals surface area contributed by atoms with E-state index in [0.717, 1.165) is 31.6 Å². The molecule has 1 aliphatic heterocycles. The molecule has 24 heavy (non-hydrogen) atoms. The Morgan fingerprint density at radius 3 is 2.83 bits per heavy atom. The lowest BCUT2D eigenvalue weighted by atomic mass is 10.2. The third-order valence-corrected chi connectivity index (χ3v) is 4.46. The number of nitrogens with zero attached hydrogens (tertiary/aromatic N) is 3. The molecule has 3 aromatic rings. The number of pyridine rings is 1. The van der Waals surface area contributed by atoms with E-state index in [1.54, 1.807) is 4.52 Å². The summed E-state index contributed by atoms with van der Waals surface area (Å²) in [6, 6.07) is 18.2. The van der Waals surface area contributed by atoms with Gasteiger partial charge in [0.05, 0.1) is 5.52 Å². The molecule has 1 N–H and O–H groups in total. The summed E-state index contributed by atoms with van der Waals surface area (Å²) in [6.07, 6.45) is 2.83. The molecular weight excluding hydrogens is 300 g/mol. The van der Waals surface area contributed by atoms with Gasteiger partial charge >= 0.3 is 0 Å². The molecule has 5 heteroatoms. The second-order valence-corrected chi connectivity index (χ2v) is 6.28. The number of carbonyl (C=O) groups excluding carboxylic acids is 1. The fourth-order valence-corrected chi connectivity index (χ4v) is 3.24. The van der Waals surface area contributed by atoms with Crippen LogP contribution in [0.1, 0.15) is 22.5 Å². The fourth-order valence-electron chi connectivity index (χ4n) is 3.24. The van der Waals surface area contributed by atoms with Gasteiger partial charge in [-0.15, -0.1) is 0 Å². The minimum absolute atomic E-state index is 0.0924. The van der Waals surface area contributed by atoms with Gasteiger partial charge in [0.1, 0.15) is 0 Å². The van der Waals surface area contributed by atoms with Crippen LogP contribution in [0.5, 0.6) is 0 Å². The minimum Gasteiger partial charge on any atom is -0.347 e. The van der Waals surface area contributed by atoms with E-state index in [0.29, 0.717) is 5.69 Å². The van der Waals surface area contributed by atoms with Gasteiger partial charge in [-0.25, -0.2) is 4.52 Å². The smallest absolute Gasteiger partial charge is 0.272 e. The maximum Gasteiger partial charge on any atom is 0.272 e. The van der Waals surface area contributed by atoms with Gasteiger partial charge in [0.15, 0.2) is 5.69 Å². The molecule has 0 bridgehead atoms. The lowest BCUT2D eigenvalue weighted by Crippen LogP contribution is -2.37. The Morgan fingerprint density at radius 2 is 2.00 bits per heavy atom. The van der Waals surface area contributed by atoms with Crippen LogP contribution < -0.4 is 5.32 Å². The van der Waals surface area contributed by atoms with Crippen LogP contribution in [0.3, 0.4) is 0 Å². The number of amides is 1. The Morgan fingerprint density at radius 1 is 1.17 bits per heavy atom. The topological polar surface area (TPSA) is 49.6 Å². The van der Waals surface area contributed by atoms with Crippen molar-refractivity contribution in [1.29, 1.82) is 0 Å². The molecule has 0 saturated carbocycles. The highest BCUT2D eigenvalue weighted by molar-refractivity contribution is 5.93. The normalized spacial score (nSPS) is 18.1. The zero-order valence-electron chi connectivity index (χ0n) is 13.4. The van der Waals surface area contributed by atoms with Crippen LogP contribution in [0.15, 0.2) is 60.8 Å². The molecule has 2 aromatic heterocycles. The Labute approximate surface area is 140 Å². The molecule has 1 aliphatic rings. The van der Waals surface area contributed by atoms with E-state index < -0.39 is 0 Å². The first-order valence-electron chi connectivity index (χ1n) is 8.29. The standard InChI is InChI=1S/C19H20N4O/c24-19(18-12-17-8-4-5-10-23(17)21-18)20-16-9-11-22(14-16)13-15-6-2-1-3-7-15/h1-8,10,12,16H,9,11,13-14H2,(H,20,24)/t16-/m0/s1. The largest absolute Gasteiger partial charge is 0.347 e. The summed E-state index contributed by atoms with van der Waals surface area (Å²) in [6.45, 7) is 2.82. The zero-order valence-corrected chi connectivity index (χ0v) is 13.4. The van der Waals surface area contributed by atoms with Crippen molar-refractivity contribution >= 4 is 11.4 Å². The number of hydrogen-bond donors (Lipinski definition) is 1. The second kappa shape index (κ2) is 6.45. The van der Waals surface area contributed by atoms with Crippen molar-refractivity contribution in [3.63, 3.8) is 0 Å². The van der Waals surface area contributed by atoms with E-state index in [1.165, 1.54) is 5.56 Å². The van der Waals surface area contributed by atoms with E-state index in [9.17, 15) is 4.79 Å². The Balaban J connectivity index is 1.36. The quantitative estimate of drug-likeness (QED) is 0.803. The molecule has 3 heterocycles. The molecule has 0 aliphatic carbocycles. The van der Waals surface area contributed by atoms with E-state index in [1.807, 2.05) is 36.5 Å². The molecule has 1 amide bonds. The average Bonchev–Trinajstić information content (AvgIpc) is 3.22. The van der Waals surface area contributed by atoms with Crippen molar-refractivity contribution < 1.29 is 4.79 Å². The maximum atomic E-state index is 12.4. The average molecular weight is 320 g/mol. The Kier molecular flexibility index (Phi) is 4.01. The number of aromatic nitrogens is 2. The number of benzene rings is 1. The van der Waals surface area contributed by atoms with Crippen molar-refractivity contribution in [2.45, 2.75) is 19.0 Å². The zero-order chi connectivity index (χ0) is 16.4. The summed E-state index contributed by atoms with van der Waals surface area (Å²) in [5.74, 6) is -0.0924. The van der Waals surface area contributed by atoms with Crippen LogP contribution in [0.4, 0.5) is 0 Å². The summed E-state index contributed by atoms with van der Waals surface area (Å²) in [5.41, 5.74) is 2.72. The molecule has 4 rings (SSSR count). The van der Waals surface area contributed by atoms with Crippen LogP contribution in [0, 0.1) is 0 Å². The Hall–Kier alpha value is -2.66. The van der Waals surface area contributed by atoms with Crippen molar-refractivity contribution in [2.75, 3.05) is 13.1 Å². The number of hydrogen-bond acceptors (Lipinski definition) is 3. The first-order valence-corrected chi connectivity index (χ1v) is 8.29. The lowest BCUT2D eigenvalue weighted by Gasteiger charge is -2.16.